The quantitative estimate of drug-likeness (QED) is 0.831. The summed E-state index contributed by atoms with van der Waals surface area (Å²) in [6.45, 7) is 5.04. The van der Waals surface area contributed by atoms with Gasteiger partial charge in [0.05, 0.1) is 19.3 Å². The van der Waals surface area contributed by atoms with E-state index < -0.39 is 6.10 Å². The molecule has 4 nitrogen and oxygen atoms in total. The molecule has 0 bridgehead atoms. The molecule has 0 amide bonds. The molecule has 1 aliphatic heterocycles. The molecule has 2 rings (SSSR count). The Hall–Kier alpha value is -1.10. The predicted octanol–water partition coefficient (Wildman–Crippen LogP) is 2.23. The highest BCUT2D eigenvalue weighted by atomic mass is 16.5. The van der Waals surface area contributed by atoms with Crippen LogP contribution in [0.4, 0.5) is 0 Å². The average Bonchev–Trinajstić information content (AvgIpc) is 3.00. The fourth-order valence-corrected chi connectivity index (χ4v) is 2.40. The first kappa shape index (κ1) is 15.3. The van der Waals surface area contributed by atoms with Crippen molar-refractivity contribution in [3.05, 3.63) is 29.8 Å². The van der Waals surface area contributed by atoms with Crippen LogP contribution in [0.2, 0.25) is 0 Å². The molecule has 2 atom stereocenters. The van der Waals surface area contributed by atoms with Gasteiger partial charge >= 0.3 is 0 Å². The van der Waals surface area contributed by atoms with Gasteiger partial charge in [0.1, 0.15) is 5.75 Å². The number of benzene rings is 1. The Morgan fingerprint density at radius 1 is 1.40 bits per heavy atom. The summed E-state index contributed by atoms with van der Waals surface area (Å²) in [4.78, 5) is 2.18. The van der Waals surface area contributed by atoms with Crippen LogP contribution in [-0.4, -0.2) is 49.5 Å². The van der Waals surface area contributed by atoms with E-state index in [0.717, 1.165) is 44.0 Å². The zero-order valence-corrected chi connectivity index (χ0v) is 12.4. The smallest absolute Gasteiger partial charge is 0.119 e. The molecule has 0 aromatic heterocycles. The third-order valence-corrected chi connectivity index (χ3v) is 3.73. The maximum Gasteiger partial charge on any atom is 0.119 e. The monoisotopic (exact) mass is 279 g/mol. The number of nitrogens with zero attached hydrogens (tertiary/aromatic N) is 1. The highest BCUT2D eigenvalue weighted by Gasteiger charge is 2.22. The van der Waals surface area contributed by atoms with Crippen LogP contribution in [0.25, 0.3) is 0 Å². The summed E-state index contributed by atoms with van der Waals surface area (Å²) < 4.78 is 10.9. The maximum atomic E-state index is 10.3. The lowest BCUT2D eigenvalue weighted by molar-refractivity contribution is 0.0950. The summed E-state index contributed by atoms with van der Waals surface area (Å²) in [5.41, 5.74) is 0.930. The van der Waals surface area contributed by atoms with Crippen LogP contribution in [0.15, 0.2) is 24.3 Å². The van der Waals surface area contributed by atoms with Crippen molar-refractivity contribution in [1.29, 1.82) is 0 Å². The molecule has 0 spiro atoms. The standard InChI is InChI=1S/C16H25NO3/c1-3-9-20-15-6-4-13(5-7-15)16(18)11-17(2)14-8-10-19-12-14/h4-7,14,16,18H,3,8-12H2,1-2H3. The third kappa shape index (κ3) is 4.20. The van der Waals surface area contributed by atoms with Crippen molar-refractivity contribution in [2.24, 2.45) is 0 Å². The van der Waals surface area contributed by atoms with Gasteiger partial charge in [0.2, 0.25) is 0 Å². The van der Waals surface area contributed by atoms with Gasteiger partial charge in [-0.3, -0.25) is 4.90 Å². The minimum Gasteiger partial charge on any atom is -0.494 e. The van der Waals surface area contributed by atoms with E-state index in [-0.39, 0.29) is 0 Å². The second kappa shape index (κ2) is 7.62. The highest BCUT2D eigenvalue weighted by Crippen LogP contribution is 2.20. The number of rotatable bonds is 7. The molecule has 0 aliphatic carbocycles. The highest BCUT2D eigenvalue weighted by molar-refractivity contribution is 5.28. The Kier molecular flexibility index (Phi) is 5.83. The Bertz CT molecular complexity index is 387. The lowest BCUT2D eigenvalue weighted by atomic mass is 10.1. The van der Waals surface area contributed by atoms with Crippen LogP contribution in [0.5, 0.6) is 5.75 Å². The van der Waals surface area contributed by atoms with E-state index in [2.05, 4.69) is 11.8 Å². The van der Waals surface area contributed by atoms with Gasteiger partial charge in [0.25, 0.3) is 0 Å². The Morgan fingerprint density at radius 2 is 2.15 bits per heavy atom. The summed E-state index contributed by atoms with van der Waals surface area (Å²) in [6, 6.07) is 8.15. The topological polar surface area (TPSA) is 41.9 Å². The normalized spacial score (nSPS) is 20.3. The molecule has 0 radical (unpaired) electrons. The summed E-state index contributed by atoms with van der Waals surface area (Å²) in [5.74, 6) is 0.861. The Balaban J connectivity index is 1.86. The van der Waals surface area contributed by atoms with E-state index in [1.54, 1.807) is 0 Å². The molecule has 4 heteroatoms. The number of likely N-dealkylation sites (N-methyl/N-ethyl adjacent to an activating group) is 1. The summed E-state index contributed by atoms with van der Waals surface area (Å²) in [7, 11) is 2.04. The van der Waals surface area contributed by atoms with E-state index >= 15 is 0 Å². The molecule has 1 heterocycles. The van der Waals surface area contributed by atoms with Crippen LogP contribution in [0.1, 0.15) is 31.4 Å². The number of ether oxygens (including phenoxy) is 2. The first-order valence-electron chi connectivity index (χ1n) is 7.39. The Labute approximate surface area is 121 Å². The molecule has 112 valence electrons. The van der Waals surface area contributed by atoms with Crippen molar-refractivity contribution in [3.8, 4) is 5.75 Å². The van der Waals surface area contributed by atoms with Crippen molar-refractivity contribution < 1.29 is 14.6 Å². The first-order valence-corrected chi connectivity index (χ1v) is 7.39. The van der Waals surface area contributed by atoms with Crippen molar-refractivity contribution in [2.75, 3.05) is 33.4 Å². The lowest BCUT2D eigenvalue weighted by Crippen LogP contribution is -2.35. The SMILES string of the molecule is CCCOc1ccc(C(O)CN(C)C2CCOC2)cc1. The van der Waals surface area contributed by atoms with Gasteiger partial charge in [-0.1, -0.05) is 19.1 Å². The molecule has 1 aromatic rings. The van der Waals surface area contributed by atoms with Crippen LogP contribution in [0, 0.1) is 0 Å². The molecule has 20 heavy (non-hydrogen) atoms. The zero-order valence-electron chi connectivity index (χ0n) is 12.4. The molecular formula is C16H25NO3. The van der Waals surface area contributed by atoms with Crippen LogP contribution in [-0.2, 0) is 4.74 Å². The number of aliphatic hydroxyl groups excluding tert-OH is 1. The van der Waals surface area contributed by atoms with Gasteiger partial charge in [0, 0.05) is 19.2 Å². The predicted molar refractivity (Wildman–Crippen MR) is 79.0 cm³/mol. The van der Waals surface area contributed by atoms with Crippen molar-refractivity contribution in [1.82, 2.24) is 4.90 Å². The Morgan fingerprint density at radius 3 is 2.75 bits per heavy atom. The molecule has 1 fully saturated rings. The van der Waals surface area contributed by atoms with Gasteiger partial charge in [-0.25, -0.2) is 0 Å². The fraction of sp³-hybridized carbons (Fsp3) is 0.625. The summed E-state index contributed by atoms with van der Waals surface area (Å²) >= 11 is 0. The van der Waals surface area contributed by atoms with Crippen molar-refractivity contribution >= 4 is 0 Å². The molecule has 1 saturated heterocycles. The van der Waals surface area contributed by atoms with Gasteiger partial charge < -0.3 is 14.6 Å². The van der Waals surface area contributed by atoms with E-state index in [0.29, 0.717) is 12.6 Å². The van der Waals surface area contributed by atoms with E-state index in [9.17, 15) is 5.11 Å². The molecule has 1 aromatic carbocycles. The van der Waals surface area contributed by atoms with Gasteiger partial charge in [-0.2, -0.15) is 0 Å². The molecular weight excluding hydrogens is 254 g/mol. The molecule has 1 aliphatic rings. The van der Waals surface area contributed by atoms with Crippen molar-refractivity contribution in [3.63, 3.8) is 0 Å². The average molecular weight is 279 g/mol. The van der Waals surface area contributed by atoms with Crippen molar-refractivity contribution in [2.45, 2.75) is 31.9 Å². The van der Waals surface area contributed by atoms with Crippen LogP contribution < -0.4 is 4.74 Å². The summed E-state index contributed by atoms with van der Waals surface area (Å²) in [5, 5.41) is 10.3. The van der Waals surface area contributed by atoms with Crippen LogP contribution >= 0.6 is 0 Å². The molecule has 2 unspecified atom stereocenters. The second-order valence-corrected chi connectivity index (χ2v) is 5.39. The van der Waals surface area contributed by atoms with E-state index in [4.69, 9.17) is 9.47 Å². The maximum absolute atomic E-state index is 10.3. The lowest BCUT2D eigenvalue weighted by Gasteiger charge is -2.25. The minimum absolute atomic E-state index is 0.428. The summed E-state index contributed by atoms with van der Waals surface area (Å²) in [6.07, 6.45) is 1.58. The fourth-order valence-electron chi connectivity index (χ4n) is 2.40. The second-order valence-electron chi connectivity index (χ2n) is 5.39. The minimum atomic E-state index is -0.471. The van der Waals surface area contributed by atoms with E-state index in [1.807, 2.05) is 31.3 Å². The number of hydrogen-bond donors (Lipinski definition) is 1. The molecule has 1 N–H and O–H groups in total. The first-order chi connectivity index (χ1) is 9.70. The van der Waals surface area contributed by atoms with Gasteiger partial charge in [0.15, 0.2) is 0 Å². The third-order valence-electron chi connectivity index (χ3n) is 3.73. The molecule has 0 saturated carbocycles. The zero-order chi connectivity index (χ0) is 14.4. The number of aliphatic hydroxyl groups is 1. The number of hydrogen-bond acceptors (Lipinski definition) is 4. The van der Waals surface area contributed by atoms with Gasteiger partial charge in [-0.05, 0) is 37.6 Å². The van der Waals surface area contributed by atoms with Crippen LogP contribution in [0.3, 0.4) is 0 Å². The largest absolute Gasteiger partial charge is 0.494 e. The van der Waals surface area contributed by atoms with Gasteiger partial charge in [-0.15, -0.1) is 0 Å². The van der Waals surface area contributed by atoms with E-state index in [1.165, 1.54) is 0 Å².